The number of fused-ring (bicyclic) bond motifs is 1. The molecule has 0 bridgehead atoms. The lowest BCUT2D eigenvalue weighted by molar-refractivity contribution is 0.0524. The summed E-state index contributed by atoms with van der Waals surface area (Å²) in [5, 5.41) is 4.84. The largest absolute Gasteiger partial charge is 0.374 e. The van der Waals surface area contributed by atoms with Gasteiger partial charge in [0.2, 0.25) is 0 Å². The summed E-state index contributed by atoms with van der Waals surface area (Å²) in [5.41, 5.74) is 3.40. The summed E-state index contributed by atoms with van der Waals surface area (Å²) in [7, 11) is 0. The molecule has 1 N–H and O–H groups in total. The second kappa shape index (κ2) is 5.87. The molecular weight excluding hydrogens is 280 g/mol. The Kier molecular flexibility index (Phi) is 4.11. The van der Waals surface area contributed by atoms with Crippen LogP contribution in [0.5, 0.6) is 0 Å². The second-order valence-corrected chi connectivity index (χ2v) is 6.85. The number of nitrogens with one attached hydrogen (secondary N) is 1. The minimum Gasteiger partial charge on any atom is -0.374 e. The monoisotopic (exact) mass is 302 g/mol. The zero-order valence-electron chi connectivity index (χ0n) is 12.9. The van der Waals surface area contributed by atoms with Crippen LogP contribution in [0, 0.1) is 13.8 Å². The van der Waals surface area contributed by atoms with Crippen molar-refractivity contribution in [3.8, 4) is 0 Å². The molecule has 4 heteroatoms. The molecule has 1 aromatic carbocycles. The summed E-state index contributed by atoms with van der Waals surface area (Å²) in [6.45, 7) is 8.70. The number of thiazole rings is 1. The first-order chi connectivity index (χ1) is 10.2. The molecule has 3 nitrogen and oxygen atoms in total. The number of nitrogens with zero attached hydrogens (tertiary/aromatic N) is 1. The average Bonchev–Trinajstić information content (AvgIpc) is 2.85. The zero-order valence-corrected chi connectivity index (χ0v) is 13.7. The highest BCUT2D eigenvalue weighted by Gasteiger charge is 2.41. The summed E-state index contributed by atoms with van der Waals surface area (Å²) in [5.74, 6) is 0. The summed E-state index contributed by atoms with van der Waals surface area (Å²) < 4.78 is 5.92. The van der Waals surface area contributed by atoms with Crippen molar-refractivity contribution in [3.05, 3.63) is 51.0 Å². The SMILES string of the molecule is CCCNC1(c2nc(C)c(C)s2)COCc2ccccc21. The van der Waals surface area contributed by atoms with Gasteiger partial charge in [0.25, 0.3) is 0 Å². The molecule has 0 amide bonds. The first kappa shape index (κ1) is 14.7. The molecule has 0 radical (unpaired) electrons. The number of rotatable bonds is 4. The molecule has 0 spiro atoms. The third kappa shape index (κ3) is 2.52. The standard InChI is InChI=1S/C17H22N2OS/c1-4-9-18-17(16-19-12(2)13(3)21-16)11-20-10-14-7-5-6-8-15(14)17/h5-8,18H,4,9-11H2,1-3H3. The van der Waals surface area contributed by atoms with Crippen molar-refractivity contribution in [1.82, 2.24) is 10.3 Å². The summed E-state index contributed by atoms with van der Waals surface area (Å²) in [4.78, 5) is 6.12. The molecule has 1 aliphatic heterocycles. The van der Waals surface area contributed by atoms with E-state index in [-0.39, 0.29) is 5.54 Å². The fraction of sp³-hybridized carbons (Fsp3) is 0.471. The van der Waals surface area contributed by atoms with Crippen molar-refractivity contribution in [3.63, 3.8) is 0 Å². The van der Waals surface area contributed by atoms with E-state index in [4.69, 9.17) is 9.72 Å². The quantitative estimate of drug-likeness (QED) is 0.938. The highest BCUT2D eigenvalue weighted by molar-refractivity contribution is 7.11. The Hall–Kier alpha value is -1.23. The van der Waals surface area contributed by atoms with E-state index in [1.807, 2.05) is 0 Å². The van der Waals surface area contributed by atoms with Crippen molar-refractivity contribution in [2.45, 2.75) is 39.3 Å². The third-order valence-electron chi connectivity index (χ3n) is 4.12. The molecule has 112 valence electrons. The van der Waals surface area contributed by atoms with Gasteiger partial charge in [0.1, 0.15) is 10.5 Å². The Bertz CT molecular complexity index is 618. The van der Waals surface area contributed by atoms with Crippen LogP contribution in [-0.2, 0) is 16.9 Å². The summed E-state index contributed by atoms with van der Waals surface area (Å²) >= 11 is 1.78. The lowest BCUT2D eigenvalue weighted by atomic mass is 9.85. The molecule has 0 saturated heterocycles. The van der Waals surface area contributed by atoms with Gasteiger partial charge in [-0.25, -0.2) is 4.98 Å². The molecule has 0 aliphatic carbocycles. The van der Waals surface area contributed by atoms with Crippen LogP contribution in [0.1, 0.15) is 40.1 Å². The minimum atomic E-state index is -0.297. The number of aromatic nitrogens is 1. The number of ether oxygens (including phenoxy) is 1. The van der Waals surface area contributed by atoms with Crippen LogP contribution in [0.2, 0.25) is 0 Å². The topological polar surface area (TPSA) is 34.2 Å². The van der Waals surface area contributed by atoms with Gasteiger partial charge in [-0.1, -0.05) is 31.2 Å². The van der Waals surface area contributed by atoms with E-state index in [1.54, 1.807) is 11.3 Å². The molecule has 0 fully saturated rings. The van der Waals surface area contributed by atoms with E-state index in [9.17, 15) is 0 Å². The van der Waals surface area contributed by atoms with Crippen molar-refractivity contribution < 1.29 is 4.74 Å². The number of aryl methyl sites for hydroxylation is 2. The van der Waals surface area contributed by atoms with Gasteiger partial charge in [0.05, 0.1) is 18.9 Å². The maximum Gasteiger partial charge on any atom is 0.120 e. The van der Waals surface area contributed by atoms with Gasteiger partial charge in [-0.05, 0) is 37.9 Å². The van der Waals surface area contributed by atoms with E-state index < -0.39 is 0 Å². The lowest BCUT2D eigenvalue weighted by Gasteiger charge is -2.38. The Balaban J connectivity index is 2.14. The van der Waals surface area contributed by atoms with E-state index >= 15 is 0 Å². The lowest BCUT2D eigenvalue weighted by Crippen LogP contribution is -2.50. The molecule has 1 atom stereocenters. The highest BCUT2D eigenvalue weighted by atomic mass is 32.1. The van der Waals surface area contributed by atoms with Gasteiger partial charge in [-0.2, -0.15) is 0 Å². The maximum atomic E-state index is 5.92. The zero-order chi connectivity index (χ0) is 14.9. The van der Waals surface area contributed by atoms with Crippen molar-refractivity contribution in [2.24, 2.45) is 0 Å². The van der Waals surface area contributed by atoms with Crippen molar-refractivity contribution in [2.75, 3.05) is 13.2 Å². The first-order valence-electron chi connectivity index (χ1n) is 7.53. The molecule has 1 aromatic heterocycles. The number of benzene rings is 1. The van der Waals surface area contributed by atoms with E-state index in [0.717, 1.165) is 23.7 Å². The van der Waals surface area contributed by atoms with Crippen LogP contribution >= 0.6 is 11.3 Å². The van der Waals surface area contributed by atoms with Crippen LogP contribution in [0.3, 0.4) is 0 Å². The van der Waals surface area contributed by atoms with Crippen molar-refractivity contribution >= 4 is 11.3 Å². The molecule has 1 unspecified atom stereocenters. The molecule has 3 rings (SSSR count). The van der Waals surface area contributed by atoms with Gasteiger partial charge < -0.3 is 4.74 Å². The van der Waals surface area contributed by atoms with Crippen LogP contribution in [-0.4, -0.2) is 18.1 Å². The van der Waals surface area contributed by atoms with Gasteiger partial charge >= 0.3 is 0 Å². The van der Waals surface area contributed by atoms with Gasteiger partial charge in [-0.15, -0.1) is 11.3 Å². The van der Waals surface area contributed by atoms with Crippen LogP contribution in [0.4, 0.5) is 0 Å². The third-order valence-corrected chi connectivity index (χ3v) is 5.36. The average molecular weight is 302 g/mol. The van der Waals surface area contributed by atoms with Crippen LogP contribution in [0.15, 0.2) is 24.3 Å². The first-order valence-corrected chi connectivity index (χ1v) is 8.34. The molecule has 21 heavy (non-hydrogen) atoms. The Morgan fingerprint density at radius 3 is 2.86 bits per heavy atom. The fourth-order valence-electron chi connectivity index (χ4n) is 2.85. The molecular formula is C17H22N2OS. The van der Waals surface area contributed by atoms with E-state index in [1.165, 1.54) is 16.0 Å². The predicted molar refractivity (Wildman–Crippen MR) is 86.8 cm³/mol. The van der Waals surface area contributed by atoms with Gasteiger partial charge in [0.15, 0.2) is 0 Å². The molecule has 1 aliphatic rings. The Morgan fingerprint density at radius 1 is 1.33 bits per heavy atom. The second-order valence-electron chi connectivity index (χ2n) is 5.64. The fourth-order valence-corrected chi connectivity index (χ4v) is 3.93. The number of hydrogen-bond acceptors (Lipinski definition) is 4. The molecule has 2 heterocycles. The smallest absolute Gasteiger partial charge is 0.120 e. The van der Waals surface area contributed by atoms with Crippen LogP contribution < -0.4 is 5.32 Å². The van der Waals surface area contributed by atoms with Crippen molar-refractivity contribution in [1.29, 1.82) is 0 Å². The highest BCUT2D eigenvalue weighted by Crippen LogP contribution is 2.38. The Morgan fingerprint density at radius 2 is 2.14 bits per heavy atom. The number of hydrogen-bond donors (Lipinski definition) is 1. The normalized spacial score (nSPS) is 21.3. The van der Waals surface area contributed by atoms with Gasteiger partial charge in [0, 0.05) is 4.88 Å². The summed E-state index contributed by atoms with van der Waals surface area (Å²) in [6.07, 6.45) is 1.09. The van der Waals surface area contributed by atoms with Gasteiger partial charge in [-0.3, -0.25) is 5.32 Å². The van der Waals surface area contributed by atoms with E-state index in [0.29, 0.717) is 13.2 Å². The molecule has 0 saturated carbocycles. The Labute approximate surface area is 130 Å². The molecule has 2 aromatic rings. The predicted octanol–water partition coefficient (Wildman–Crippen LogP) is 3.53. The van der Waals surface area contributed by atoms with E-state index in [2.05, 4.69) is 50.4 Å². The summed E-state index contributed by atoms with van der Waals surface area (Å²) in [6, 6.07) is 8.56. The maximum absolute atomic E-state index is 5.92. The minimum absolute atomic E-state index is 0.297. The van der Waals surface area contributed by atoms with Crippen LogP contribution in [0.25, 0.3) is 0 Å².